The standard InChI is InChI=1S/C22H20N4O3/c1-3-29-17-9-7-16(8-10-17)24-22(27)19-14-21-23-12-11-20(26(21)25-19)15-5-4-6-18(13-15)28-2/h4-14H,3H2,1-2H3,(H,24,27). The zero-order valence-electron chi connectivity index (χ0n) is 16.1. The van der Waals surface area contributed by atoms with Crippen molar-refractivity contribution < 1.29 is 14.3 Å². The summed E-state index contributed by atoms with van der Waals surface area (Å²) in [6, 6.07) is 18.4. The normalized spacial score (nSPS) is 10.7. The second-order valence-corrected chi connectivity index (χ2v) is 6.27. The Bertz CT molecular complexity index is 1150. The number of hydrogen-bond donors (Lipinski definition) is 1. The molecule has 7 nitrogen and oxygen atoms in total. The summed E-state index contributed by atoms with van der Waals surface area (Å²) < 4.78 is 12.4. The maximum atomic E-state index is 12.7. The highest BCUT2D eigenvalue weighted by Gasteiger charge is 2.14. The second-order valence-electron chi connectivity index (χ2n) is 6.27. The van der Waals surface area contributed by atoms with E-state index in [1.807, 2.05) is 49.4 Å². The smallest absolute Gasteiger partial charge is 0.276 e. The minimum absolute atomic E-state index is 0.279. The fourth-order valence-electron chi connectivity index (χ4n) is 3.00. The van der Waals surface area contributed by atoms with Crippen molar-refractivity contribution in [3.63, 3.8) is 0 Å². The lowest BCUT2D eigenvalue weighted by Crippen LogP contribution is -2.12. The maximum Gasteiger partial charge on any atom is 0.276 e. The third-order valence-corrected chi connectivity index (χ3v) is 4.38. The van der Waals surface area contributed by atoms with Crippen LogP contribution in [0.2, 0.25) is 0 Å². The highest BCUT2D eigenvalue weighted by Crippen LogP contribution is 2.24. The summed E-state index contributed by atoms with van der Waals surface area (Å²) in [4.78, 5) is 17.0. The average molecular weight is 388 g/mol. The number of hydrogen-bond acceptors (Lipinski definition) is 5. The molecule has 0 bridgehead atoms. The van der Waals surface area contributed by atoms with Crippen LogP contribution < -0.4 is 14.8 Å². The Hall–Kier alpha value is -3.87. The number of rotatable bonds is 6. The number of aromatic nitrogens is 3. The first-order chi connectivity index (χ1) is 14.2. The molecule has 0 spiro atoms. The summed E-state index contributed by atoms with van der Waals surface area (Å²) in [6.07, 6.45) is 1.69. The van der Waals surface area contributed by atoms with E-state index in [0.717, 1.165) is 22.8 Å². The third kappa shape index (κ3) is 3.89. The van der Waals surface area contributed by atoms with Crippen LogP contribution in [-0.4, -0.2) is 34.2 Å². The number of nitrogens with one attached hydrogen (secondary N) is 1. The van der Waals surface area contributed by atoms with Crippen LogP contribution in [0.3, 0.4) is 0 Å². The fraction of sp³-hybridized carbons (Fsp3) is 0.136. The molecule has 1 amide bonds. The van der Waals surface area contributed by atoms with Crippen LogP contribution in [0.1, 0.15) is 17.4 Å². The number of ether oxygens (including phenoxy) is 2. The first-order valence-electron chi connectivity index (χ1n) is 9.21. The number of nitrogens with zero attached hydrogens (tertiary/aromatic N) is 3. The molecule has 0 atom stereocenters. The minimum atomic E-state index is -0.309. The third-order valence-electron chi connectivity index (χ3n) is 4.38. The summed E-state index contributed by atoms with van der Waals surface area (Å²) in [5.74, 6) is 1.19. The number of fused-ring (bicyclic) bond motifs is 1. The molecule has 0 radical (unpaired) electrons. The topological polar surface area (TPSA) is 77.8 Å². The molecule has 2 aromatic carbocycles. The fourth-order valence-corrected chi connectivity index (χ4v) is 3.00. The van der Waals surface area contributed by atoms with Crippen molar-refractivity contribution in [2.75, 3.05) is 19.0 Å². The molecule has 0 saturated heterocycles. The van der Waals surface area contributed by atoms with Gasteiger partial charge in [0, 0.05) is 23.5 Å². The van der Waals surface area contributed by atoms with E-state index in [-0.39, 0.29) is 11.6 Å². The van der Waals surface area contributed by atoms with Crippen LogP contribution in [0.25, 0.3) is 16.9 Å². The molecule has 0 fully saturated rings. The number of carbonyl (C=O) groups is 1. The Labute approximate surface area is 167 Å². The van der Waals surface area contributed by atoms with Gasteiger partial charge in [0.25, 0.3) is 5.91 Å². The van der Waals surface area contributed by atoms with Gasteiger partial charge < -0.3 is 14.8 Å². The second kappa shape index (κ2) is 8.02. The van der Waals surface area contributed by atoms with Gasteiger partial charge in [0.05, 0.1) is 19.4 Å². The summed E-state index contributed by atoms with van der Waals surface area (Å²) >= 11 is 0. The predicted molar refractivity (Wildman–Crippen MR) is 111 cm³/mol. The van der Waals surface area contributed by atoms with Crippen molar-refractivity contribution in [2.24, 2.45) is 0 Å². The van der Waals surface area contributed by atoms with Gasteiger partial charge in [-0.15, -0.1) is 0 Å². The number of benzene rings is 2. The summed E-state index contributed by atoms with van der Waals surface area (Å²) in [5.41, 5.74) is 3.26. The molecular formula is C22H20N4O3. The monoisotopic (exact) mass is 388 g/mol. The van der Waals surface area contributed by atoms with Gasteiger partial charge in [0.2, 0.25) is 0 Å². The van der Waals surface area contributed by atoms with Crippen LogP contribution in [0.5, 0.6) is 11.5 Å². The first-order valence-corrected chi connectivity index (χ1v) is 9.21. The Balaban J connectivity index is 1.62. The first kappa shape index (κ1) is 18.5. The van der Waals surface area contributed by atoms with E-state index < -0.39 is 0 Å². The molecule has 2 heterocycles. The Morgan fingerprint density at radius 3 is 2.66 bits per heavy atom. The van der Waals surface area contributed by atoms with E-state index >= 15 is 0 Å². The van der Waals surface area contributed by atoms with Crippen LogP contribution in [0.15, 0.2) is 66.9 Å². The summed E-state index contributed by atoms with van der Waals surface area (Å²) in [5, 5.41) is 7.31. The lowest BCUT2D eigenvalue weighted by Gasteiger charge is -2.07. The number of anilines is 1. The molecular weight excluding hydrogens is 368 g/mol. The molecule has 0 aliphatic heterocycles. The maximum absolute atomic E-state index is 12.7. The molecule has 146 valence electrons. The van der Waals surface area contributed by atoms with Gasteiger partial charge in [-0.3, -0.25) is 4.79 Å². The molecule has 29 heavy (non-hydrogen) atoms. The minimum Gasteiger partial charge on any atom is -0.497 e. The van der Waals surface area contributed by atoms with Crippen LogP contribution in [0.4, 0.5) is 5.69 Å². The molecule has 4 rings (SSSR count). The van der Waals surface area contributed by atoms with Gasteiger partial charge in [-0.1, -0.05) is 12.1 Å². The van der Waals surface area contributed by atoms with Crippen LogP contribution >= 0.6 is 0 Å². The average Bonchev–Trinajstić information content (AvgIpc) is 3.20. The molecule has 0 saturated carbocycles. The van der Waals surface area contributed by atoms with Gasteiger partial charge in [0.1, 0.15) is 11.5 Å². The van der Waals surface area contributed by atoms with Crippen molar-refractivity contribution in [3.8, 4) is 22.8 Å². The van der Waals surface area contributed by atoms with Crippen molar-refractivity contribution in [1.82, 2.24) is 14.6 Å². The van der Waals surface area contributed by atoms with E-state index in [9.17, 15) is 4.79 Å². The zero-order valence-corrected chi connectivity index (χ0v) is 16.1. The number of amides is 1. The van der Waals surface area contributed by atoms with Crippen molar-refractivity contribution in [1.29, 1.82) is 0 Å². The van der Waals surface area contributed by atoms with Crippen LogP contribution in [0, 0.1) is 0 Å². The van der Waals surface area contributed by atoms with Gasteiger partial charge in [-0.2, -0.15) is 5.10 Å². The van der Waals surface area contributed by atoms with Crippen molar-refractivity contribution in [3.05, 3.63) is 72.6 Å². The lowest BCUT2D eigenvalue weighted by molar-refractivity contribution is 0.102. The summed E-state index contributed by atoms with van der Waals surface area (Å²) in [6.45, 7) is 2.52. The highest BCUT2D eigenvalue weighted by atomic mass is 16.5. The largest absolute Gasteiger partial charge is 0.497 e. The zero-order chi connectivity index (χ0) is 20.2. The predicted octanol–water partition coefficient (Wildman–Crippen LogP) is 4.06. The van der Waals surface area contributed by atoms with Crippen molar-refractivity contribution in [2.45, 2.75) is 6.92 Å². The van der Waals surface area contributed by atoms with E-state index in [2.05, 4.69) is 15.4 Å². The van der Waals surface area contributed by atoms with Gasteiger partial charge in [-0.05, 0) is 49.4 Å². The van der Waals surface area contributed by atoms with E-state index in [4.69, 9.17) is 9.47 Å². The van der Waals surface area contributed by atoms with E-state index in [1.54, 1.807) is 36.0 Å². The highest BCUT2D eigenvalue weighted by molar-refractivity contribution is 6.03. The summed E-state index contributed by atoms with van der Waals surface area (Å²) in [7, 11) is 1.62. The molecule has 1 N–H and O–H groups in total. The SMILES string of the molecule is CCOc1ccc(NC(=O)c2cc3nccc(-c4cccc(OC)c4)n3n2)cc1. The number of carbonyl (C=O) groups excluding carboxylic acids is 1. The quantitative estimate of drug-likeness (QED) is 0.539. The Kier molecular flexibility index (Phi) is 5.11. The van der Waals surface area contributed by atoms with Crippen molar-refractivity contribution >= 4 is 17.2 Å². The molecule has 0 aliphatic rings. The van der Waals surface area contributed by atoms with Crippen LogP contribution in [-0.2, 0) is 0 Å². The molecule has 7 heteroatoms. The lowest BCUT2D eigenvalue weighted by atomic mass is 10.1. The molecule has 4 aromatic rings. The van der Waals surface area contributed by atoms with E-state index in [1.165, 1.54) is 0 Å². The Morgan fingerprint density at radius 1 is 1.07 bits per heavy atom. The number of methoxy groups -OCH3 is 1. The van der Waals surface area contributed by atoms with Gasteiger partial charge in [0.15, 0.2) is 11.3 Å². The van der Waals surface area contributed by atoms with Gasteiger partial charge >= 0.3 is 0 Å². The molecule has 0 unspecified atom stereocenters. The van der Waals surface area contributed by atoms with E-state index in [0.29, 0.717) is 17.9 Å². The molecule has 0 aliphatic carbocycles. The van der Waals surface area contributed by atoms with Gasteiger partial charge in [-0.25, -0.2) is 9.50 Å². The molecule has 2 aromatic heterocycles. The Morgan fingerprint density at radius 2 is 1.90 bits per heavy atom.